The minimum Gasteiger partial charge on any atom is -0.495 e. The van der Waals surface area contributed by atoms with E-state index < -0.39 is 0 Å². The number of nitrogens with zero attached hydrogens (tertiary/aromatic N) is 1. The van der Waals surface area contributed by atoms with E-state index in [0.29, 0.717) is 17.8 Å². The highest BCUT2D eigenvalue weighted by atomic mass is 16.5. The Bertz CT molecular complexity index is 392. The van der Waals surface area contributed by atoms with Crippen LogP contribution >= 0.6 is 0 Å². The van der Waals surface area contributed by atoms with Crippen molar-refractivity contribution in [2.24, 2.45) is 11.8 Å². The molecule has 0 saturated heterocycles. The Balaban J connectivity index is 2.01. The Kier molecular flexibility index (Phi) is 5.20. The number of aromatic nitrogens is 1. The third-order valence-electron chi connectivity index (χ3n) is 3.99. The molecule has 3 nitrogen and oxygen atoms in total. The zero-order chi connectivity index (χ0) is 13.7. The van der Waals surface area contributed by atoms with Gasteiger partial charge in [0, 0.05) is 12.1 Å². The molecule has 106 valence electrons. The third-order valence-corrected chi connectivity index (χ3v) is 3.99. The zero-order valence-corrected chi connectivity index (χ0v) is 12.4. The Morgan fingerprint density at radius 2 is 2.26 bits per heavy atom. The summed E-state index contributed by atoms with van der Waals surface area (Å²) in [7, 11) is 1.74. The molecule has 2 atom stereocenters. The number of pyridine rings is 1. The molecule has 1 heterocycles. The standard InChI is InChI=1S/C16H26N2O/c1-12(2)10-17-11-13-6-4-7-14(13)16-15(19-3)8-5-9-18-16/h5,8-9,12-14,17H,4,6-7,10-11H2,1-3H3. The summed E-state index contributed by atoms with van der Waals surface area (Å²) in [4.78, 5) is 4.57. The molecule has 19 heavy (non-hydrogen) atoms. The molecule has 0 aliphatic heterocycles. The zero-order valence-electron chi connectivity index (χ0n) is 12.4. The maximum atomic E-state index is 5.47. The average Bonchev–Trinajstić information content (AvgIpc) is 2.86. The molecule has 1 saturated carbocycles. The molecule has 1 fully saturated rings. The summed E-state index contributed by atoms with van der Waals surface area (Å²) in [5.41, 5.74) is 1.15. The molecule has 2 unspecified atom stereocenters. The summed E-state index contributed by atoms with van der Waals surface area (Å²) < 4.78 is 5.47. The first-order valence-electron chi connectivity index (χ1n) is 7.42. The number of rotatable bonds is 6. The van der Waals surface area contributed by atoms with Crippen LogP contribution in [0.4, 0.5) is 0 Å². The fourth-order valence-electron chi connectivity index (χ4n) is 3.05. The Morgan fingerprint density at radius 3 is 3.00 bits per heavy atom. The molecule has 2 rings (SSSR count). The first kappa shape index (κ1) is 14.3. The monoisotopic (exact) mass is 262 g/mol. The van der Waals surface area contributed by atoms with Crippen LogP contribution in [0.2, 0.25) is 0 Å². The summed E-state index contributed by atoms with van der Waals surface area (Å²) in [5, 5.41) is 3.60. The lowest BCUT2D eigenvalue weighted by Crippen LogP contribution is -2.28. The molecule has 0 radical (unpaired) electrons. The van der Waals surface area contributed by atoms with Gasteiger partial charge in [-0.15, -0.1) is 0 Å². The molecule has 3 heteroatoms. The number of hydrogen-bond donors (Lipinski definition) is 1. The van der Waals surface area contributed by atoms with Gasteiger partial charge in [0.15, 0.2) is 0 Å². The quantitative estimate of drug-likeness (QED) is 0.854. The van der Waals surface area contributed by atoms with Crippen molar-refractivity contribution in [1.82, 2.24) is 10.3 Å². The van der Waals surface area contributed by atoms with E-state index in [1.807, 2.05) is 18.3 Å². The van der Waals surface area contributed by atoms with Gasteiger partial charge in [-0.1, -0.05) is 20.3 Å². The van der Waals surface area contributed by atoms with Crippen LogP contribution in [0.15, 0.2) is 18.3 Å². The van der Waals surface area contributed by atoms with Crippen molar-refractivity contribution in [1.29, 1.82) is 0 Å². The SMILES string of the molecule is COc1cccnc1C1CCCC1CNCC(C)C. The van der Waals surface area contributed by atoms with E-state index in [-0.39, 0.29) is 0 Å². The van der Waals surface area contributed by atoms with Crippen LogP contribution in [-0.2, 0) is 0 Å². The van der Waals surface area contributed by atoms with E-state index >= 15 is 0 Å². The number of methoxy groups -OCH3 is 1. The van der Waals surface area contributed by atoms with Gasteiger partial charge in [-0.3, -0.25) is 4.98 Å². The Labute approximate surface area is 116 Å². The lowest BCUT2D eigenvalue weighted by molar-refractivity contribution is 0.379. The van der Waals surface area contributed by atoms with Crippen LogP contribution < -0.4 is 10.1 Å². The van der Waals surface area contributed by atoms with Gasteiger partial charge in [-0.25, -0.2) is 0 Å². The summed E-state index contributed by atoms with van der Waals surface area (Å²) >= 11 is 0. The second-order valence-corrected chi connectivity index (χ2v) is 5.94. The second-order valence-electron chi connectivity index (χ2n) is 5.94. The minimum absolute atomic E-state index is 0.552. The lowest BCUT2D eigenvalue weighted by atomic mass is 9.91. The van der Waals surface area contributed by atoms with Crippen molar-refractivity contribution in [2.75, 3.05) is 20.2 Å². The molecule has 0 bridgehead atoms. The van der Waals surface area contributed by atoms with E-state index in [0.717, 1.165) is 24.5 Å². The second kappa shape index (κ2) is 6.90. The molecular weight excluding hydrogens is 236 g/mol. The molecule has 1 aliphatic rings. The normalized spacial score (nSPS) is 22.9. The molecule has 1 aromatic heterocycles. The first-order chi connectivity index (χ1) is 9.22. The van der Waals surface area contributed by atoms with Crippen LogP contribution in [0.25, 0.3) is 0 Å². The maximum Gasteiger partial charge on any atom is 0.140 e. The Morgan fingerprint density at radius 1 is 1.42 bits per heavy atom. The summed E-state index contributed by atoms with van der Waals surface area (Å²) in [6.45, 7) is 6.70. The van der Waals surface area contributed by atoms with Gasteiger partial charge in [-0.05, 0) is 49.9 Å². The summed E-state index contributed by atoms with van der Waals surface area (Å²) in [6, 6.07) is 3.97. The van der Waals surface area contributed by atoms with Crippen LogP contribution in [-0.4, -0.2) is 25.2 Å². The van der Waals surface area contributed by atoms with Crippen molar-refractivity contribution in [3.63, 3.8) is 0 Å². The largest absolute Gasteiger partial charge is 0.495 e. The topological polar surface area (TPSA) is 34.1 Å². The van der Waals surface area contributed by atoms with Crippen molar-refractivity contribution in [3.8, 4) is 5.75 Å². The summed E-state index contributed by atoms with van der Waals surface area (Å²) in [5.74, 6) is 2.91. The molecule has 0 aromatic carbocycles. The first-order valence-corrected chi connectivity index (χ1v) is 7.42. The smallest absolute Gasteiger partial charge is 0.140 e. The van der Waals surface area contributed by atoms with E-state index in [9.17, 15) is 0 Å². The van der Waals surface area contributed by atoms with Gasteiger partial charge < -0.3 is 10.1 Å². The number of nitrogens with one attached hydrogen (secondary N) is 1. The predicted octanol–water partition coefficient (Wildman–Crippen LogP) is 3.22. The van der Waals surface area contributed by atoms with Gasteiger partial charge >= 0.3 is 0 Å². The predicted molar refractivity (Wildman–Crippen MR) is 78.6 cm³/mol. The molecule has 0 amide bonds. The van der Waals surface area contributed by atoms with Crippen LogP contribution in [0, 0.1) is 11.8 Å². The van der Waals surface area contributed by atoms with E-state index in [1.54, 1.807) is 7.11 Å². The highest BCUT2D eigenvalue weighted by Crippen LogP contribution is 2.41. The number of hydrogen-bond acceptors (Lipinski definition) is 3. The molecule has 1 aliphatic carbocycles. The molecule has 1 N–H and O–H groups in total. The lowest BCUT2D eigenvalue weighted by Gasteiger charge is -2.21. The number of ether oxygens (including phenoxy) is 1. The molecular formula is C16H26N2O. The van der Waals surface area contributed by atoms with Crippen LogP contribution in [0.5, 0.6) is 5.75 Å². The van der Waals surface area contributed by atoms with E-state index in [2.05, 4.69) is 24.1 Å². The van der Waals surface area contributed by atoms with E-state index in [1.165, 1.54) is 19.3 Å². The highest BCUT2D eigenvalue weighted by molar-refractivity contribution is 5.31. The summed E-state index contributed by atoms with van der Waals surface area (Å²) in [6.07, 6.45) is 5.73. The Hall–Kier alpha value is -1.09. The fraction of sp³-hybridized carbons (Fsp3) is 0.688. The van der Waals surface area contributed by atoms with Gasteiger partial charge in [0.2, 0.25) is 0 Å². The maximum absolute atomic E-state index is 5.47. The van der Waals surface area contributed by atoms with Crippen molar-refractivity contribution < 1.29 is 4.74 Å². The van der Waals surface area contributed by atoms with Gasteiger partial charge in [0.05, 0.1) is 12.8 Å². The fourth-order valence-corrected chi connectivity index (χ4v) is 3.05. The van der Waals surface area contributed by atoms with Crippen molar-refractivity contribution >= 4 is 0 Å². The molecule has 1 aromatic rings. The van der Waals surface area contributed by atoms with Crippen LogP contribution in [0.1, 0.15) is 44.7 Å². The van der Waals surface area contributed by atoms with Crippen molar-refractivity contribution in [2.45, 2.75) is 39.0 Å². The molecule has 0 spiro atoms. The van der Waals surface area contributed by atoms with Crippen LogP contribution in [0.3, 0.4) is 0 Å². The van der Waals surface area contributed by atoms with Gasteiger partial charge in [-0.2, -0.15) is 0 Å². The minimum atomic E-state index is 0.552. The van der Waals surface area contributed by atoms with E-state index in [4.69, 9.17) is 4.74 Å². The van der Waals surface area contributed by atoms with Gasteiger partial charge in [0.25, 0.3) is 0 Å². The third kappa shape index (κ3) is 3.69. The van der Waals surface area contributed by atoms with Crippen molar-refractivity contribution in [3.05, 3.63) is 24.0 Å². The highest BCUT2D eigenvalue weighted by Gasteiger charge is 2.31. The average molecular weight is 262 g/mol. The van der Waals surface area contributed by atoms with Gasteiger partial charge in [0.1, 0.15) is 5.75 Å².